The third-order valence-corrected chi connectivity index (χ3v) is 2.21. The molecule has 15 heavy (non-hydrogen) atoms. The van der Waals surface area contributed by atoms with E-state index in [0.29, 0.717) is 0 Å². The first kappa shape index (κ1) is 9.93. The van der Waals surface area contributed by atoms with Gasteiger partial charge < -0.3 is 4.90 Å². The summed E-state index contributed by atoms with van der Waals surface area (Å²) in [5.74, 6) is 0. The molecule has 2 rings (SSSR count). The Morgan fingerprint density at radius 1 is 1.20 bits per heavy atom. The molecule has 0 aliphatic carbocycles. The van der Waals surface area contributed by atoms with Gasteiger partial charge in [-0.1, -0.05) is 24.3 Å². The first-order valence-electron chi connectivity index (χ1n) is 5.00. The van der Waals surface area contributed by atoms with Crippen molar-refractivity contribution in [2.45, 2.75) is 0 Å². The maximum atomic E-state index is 4.34. The van der Waals surface area contributed by atoms with Crippen LogP contribution < -0.4 is 5.43 Å². The summed E-state index contributed by atoms with van der Waals surface area (Å²) in [6.07, 6.45) is 4.15. The topological polar surface area (TPSA) is 27.6 Å². The van der Waals surface area contributed by atoms with Gasteiger partial charge in [-0.3, -0.25) is 5.43 Å². The zero-order valence-electron chi connectivity index (χ0n) is 9.07. The van der Waals surface area contributed by atoms with Crippen LogP contribution in [0.5, 0.6) is 0 Å². The summed E-state index contributed by atoms with van der Waals surface area (Å²) in [4.78, 5) is 2.10. The van der Waals surface area contributed by atoms with E-state index >= 15 is 0 Å². The van der Waals surface area contributed by atoms with Gasteiger partial charge in [-0.15, -0.1) is 0 Å². The number of hydrogen-bond acceptors (Lipinski definition) is 3. The number of benzene rings is 1. The van der Waals surface area contributed by atoms with Crippen LogP contribution in [0.2, 0.25) is 0 Å². The molecule has 0 aromatic heterocycles. The fraction of sp³-hybridized carbons (Fsp3) is 0.250. The molecule has 0 unspecified atom stereocenters. The average Bonchev–Trinajstić information content (AvgIpc) is 2.41. The summed E-state index contributed by atoms with van der Waals surface area (Å²) >= 11 is 0. The number of hydrazone groups is 1. The Kier molecular flexibility index (Phi) is 2.83. The van der Waals surface area contributed by atoms with Crippen LogP contribution in [0.15, 0.2) is 35.4 Å². The van der Waals surface area contributed by atoms with Crippen LogP contribution in [-0.4, -0.2) is 31.3 Å². The van der Waals surface area contributed by atoms with Crippen molar-refractivity contribution in [2.75, 3.05) is 26.1 Å². The Labute approximate surface area is 90.1 Å². The van der Waals surface area contributed by atoms with Crippen LogP contribution in [0.3, 0.4) is 0 Å². The highest BCUT2D eigenvalue weighted by Gasteiger charge is 2.04. The summed E-state index contributed by atoms with van der Waals surface area (Å²) < 4.78 is 0. The van der Waals surface area contributed by atoms with Gasteiger partial charge in [-0.2, -0.15) is 5.10 Å². The molecule has 0 fully saturated rings. The van der Waals surface area contributed by atoms with Crippen LogP contribution in [0.4, 0.5) is 5.69 Å². The van der Waals surface area contributed by atoms with Gasteiger partial charge in [0.05, 0.1) is 11.4 Å². The van der Waals surface area contributed by atoms with E-state index < -0.39 is 0 Å². The third kappa shape index (κ3) is 2.44. The fourth-order valence-electron chi connectivity index (χ4n) is 1.51. The number of hydrogen-bond donors (Lipinski definition) is 1. The lowest BCUT2D eigenvalue weighted by Gasteiger charge is -2.08. The molecule has 0 amide bonds. The molecule has 1 aromatic rings. The molecule has 1 aromatic carbocycles. The Hall–Kier alpha value is -1.61. The van der Waals surface area contributed by atoms with Crippen molar-refractivity contribution in [1.82, 2.24) is 4.90 Å². The monoisotopic (exact) mass is 201 g/mol. The molecule has 0 saturated heterocycles. The molecule has 0 radical (unpaired) electrons. The van der Waals surface area contributed by atoms with Crippen molar-refractivity contribution < 1.29 is 0 Å². The number of fused-ring (bicyclic) bond motifs is 1. The number of nitrogens with zero attached hydrogens (tertiary/aromatic N) is 2. The van der Waals surface area contributed by atoms with E-state index in [1.54, 1.807) is 0 Å². The van der Waals surface area contributed by atoms with Crippen LogP contribution in [-0.2, 0) is 0 Å². The van der Waals surface area contributed by atoms with Crippen LogP contribution in [0, 0.1) is 0 Å². The normalized spacial score (nSPS) is 14.2. The Morgan fingerprint density at radius 2 is 2.00 bits per heavy atom. The Morgan fingerprint density at radius 3 is 2.80 bits per heavy atom. The van der Waals surface area contributed by atoms with Gasteiger partial charge in [-0.05, 0) is 31.8 Å². The van der Waals surface area contributed by atoms with Gasteiger partial charge >= 0.3 is 0 Å². The maximum absolute atomic E-state index is 4.34. The zero-order valence-corrected chi connectivity index (χ0v) is 9.07. The quantitative estimate of drug-likeness (QED) is 0.793. The maximum Gasteiger partial charge on any atom is 0.0747 e. The van der Waals surface area contributed by atoms with E-state index in [-0.39, 0.29) is 0 Å². The number of nitrogens with one attached hydrogen (secondary N) is 1. The van der Waals surface area contributed by atoms with Gasteiger partial charge in [0.1, 0.15) is 0 Å². The highest BCUT2D eigenvalue weighted by atomic mass is 15.3. The SMILES string of the molecule is CN(C)CC1=NNc2ccccc2C=C1. The standard InChI is InChI=1S/C12H15N3/c1-15(2)9-11-8-7-10-5-3-4-6-12(10)14-13-11/h3-8,14H,9H2,1-2H3. The Balaban J connectivity index is 2.22. The van der Waals surface area contributed by atoms with E-state index in [1.807, 2.05) is 32.3 Å². The molecular formula is C12H15N3. The smallest absolute Gasteiger partial charge is 0.0747 e. The molecular weight excluding hydrogens is 186 g/mol. The summed E-state index contributed by atoms with van der Waals surface area (Å²) in [6, 6.07) is 8.14. The Bertz CT molecular complexity index is 405. The second kappa shape index (κ2) is 4.28. The first-order chi connectivity index (χ1) is 7.25. The second-order valence-electron chi connectivity index (χ2n) is 3.87. The van der Waals surface area contributed by atoms with Crippen molar-refractivity contribution >= 4 is 17.5 Å². The molecule has 1 aliphatic heterocycles. The molecule has 3 heteroatoms. The van der Waals surface area contributed by atoms with Gasteiger partial charge in [0.25, 0.3) is 0 Å². The van der Waals surface area contributed by atoms with Crippen molar-refractivity contribution in [3.05, 3.63) is 35.9 Å². The van der Waals surface area contributed by atoms with Gasteiger partial charge in [0.2, 0.25) is 0 Å². The van der Waals surface area contributed by atoms with Gasteiger partial charge in [0.15, 0.2) is 0 Å². The van der Waals surface area contributed by atoms with E-state index in [1.165, 1.54) is 5.56 Å². The minimum absolute atomic E-state index is 0.845. The highest BCUT2D eigenvalue weighted by Crippen LogP contribution is 2.18. The van der Waals surface area contributed by atoms with Gasteiger partial charge in [0, 0.05) is 6.54 Å². The predicted molar refractivity (Wildman–Crippen MR) is 65.1 cm³/mol. The van der Waals surface area contributed by atoms with Crippen molar-refractivity contribution in [2.24, 2.45) is 5.10 Å². The summed E-state index contributed by atoms with van der Waals surface area (Å²) in [6.45, 7) is 0.845. The molecule has 0 saturated carbocycles. The lowest BCUT2D eigenvalue weighted by molar-refractivity contribution is 0.470. The summed E-state index contributed by atoms with van der Waals surface area (Å²) in [5, 5.41) is 4.34. The lowest BCUT2D eigenvalue weighted by atomic mass is 10.1. The van der Waals surface area contributed by atoms with E-state index in [9.17, 15) is 0 Å². The van der Waals surface area contributed by atoms with Gasteiger partial charge in [-0.25, -0.2) is 0 Å². The third-order valence-electron chi connectivity index (χ3n) is 2.21. The number of para-hydroxylation sites is 1. The molecule has 78 valence electrons. The van der Waals surface area contributed by atoms with Crippen LogP contribution in [0.1, 0.15) is 5.56 Å². The second-order valence-corrected chi connectivity index (χ2v) is 3.87. The van der Waals surface area contributed by atoms with Crippen LogP contribution >= 0.6 is 0 Å². The molecule has 0 atom stereocenters. The van der Waals surface area contributed by atoms with Crippen molar-refractivity contribution in [1.29, 1.82) is 0 Å². The molecule has 1 aliphatic rings. The highest BCUT2D eigenvalue weighted by molar-refractivity contribution is 6.01. The average molecular weight is 201 g/mol. The molecule has 0 bridgehead atoms. The van der Waals surface area contributed by atoms with Crippen LogP contribution in [0.25, 0.3) is 6.08 Å². The van der Waals surface area contributed by atoms with Crippen molar-refractivity contribution in [3.63, 3.8) is 0 Å². The summed E-state index contributed by atoms with van der Waals surface area (Å²) in [7, 11) is 4.07. The predicted octanol–water partition coefficient (Wildman–Crippen LogP) is 2.04. The molecule has 0 spiro atoms. The molecule has 1 heterocycles. The largest absolute Gasteiger partial charge is 0.304 e. The zero-order chi connectivity index (χ0) is 10.7. The lowest BCUT2D eigenvalue weighted by Crippen LogP contribution is -2.20. The number of rotatable bonds is 2. The van der Waals surface area contributed by atoms with E-state index in [0.717, 1.165) is 17.9 Å². The minimum atomic E-state index is 0.845. The van der Waals surface area contributed by atoms with Crippen molar-refractivity contribution in [3.8, 4) is 0 Å². The first-order valence-corrected chi connectivity index (χ1v) is 5.00. The van der Waals surface area contributed by atoms with E-state index in [2.05, 4.69) is 33.6 Å². The summed E-state index contributed by atoms with van der Waals surface area (Å²) in [5.41, 5.74) is 6.35. The van der Waals surface area contributed by atoms with E-state index in [4.69, 9.17) is 0 Å². The minimum Gasteiger partial charge on any atom is -0.304 e. The molecule has 3 nitrogen and oxygen atoms in total. The molecule has 1 N–H and O–H groups in total. The fourth-order valence-corrected chi connectivity index (χ4v) is 1.51. The number of anilines is 1.